The molecule has 2 rings (SSSR count). The molecular formula is C18H17F3O2. The summed E-state index contributed by atoms with van der Waals surface area (Å²) in [6, 6.07) is 9.98. The lowest BCUT2D eigenvalue weighted by Gasteiger charge is -2.19. The minimum atomic E-state index is -4.59. The number of benzene rings is 2. The zero-order chi connectivity index (χ0) is 17.4. The van der Waals surface area contributed by atoms with Crippen molar-refractivity contribution >= 4 is 5.97 Å². The summed E-state index contributed by atoms with van der Waals surface area (Å²) in [5.41, 5.74) is 0.413. The summed E-state index contributed by atoms with van der Waals surface area (Å²) in [6.07, 6.45) is -4.59. The van der Waals surface area contributed by atoms with E-state index >= 15 is 0 Å². The van der Waals surface area contributed by atoms with E-state index in [4.69, 9.17) is 5.11 Å². The lowest BCUT2D eigenvalue weighted by molar-refractivity contribution is -0.137. The van der Waals surface area contributed by atoms with Gasteiger partial charge in [-0.2, -0.15) is 13.2 Å². The summed E-state index contributed by atoms with van der Waals surface area (Å²) in [4.78, 5) is 11.1. The Bertz CT molecular complexity index is 723. The Morgan fingerprint density at radius 1 is 0.870 bits per heavy atom. The van der Waals surface area contributed by atoms with Crippen LogP contribution in [0.15, 0.2) is 42.5 Å². The van der Waals surface area contributed by atoms with Gasteiger partial charge in [-0.15, -0.1) is 0 Å². The summed E-state index contributed by atoms with van der Waals surface area (Å²) >= 11 is 0. The van der Waals surface area contributed by atoms with Gasteiger partial charge in [-0.05, 0) is 40.3 Å². The number of carboxylic acid groups (broad SMARTS) is 1. The Balaban J connectivity index is 2.54. The molecule has 0 saturated carbocycles. The summed E-state index contributed by atoms with van der Waals surface area (Å²) in [5, 5.41) is 9.03. The second-order valence-electron chi connectivity index (χ2n) is 6.43. The fourth-order valence-corrected chi connectivity index (χ4v) is 2.24. The molecule has 0 fully saturated rings. The van der Waals surface area contributed by atoms with Crippen LogP contribution in [0.1, 0.15) is 42.3 Å². The lowest BCUT2D eigenvalue weighted by atomic mass is 9.86. The molecule has 0 amide bonds. The first kappa shape index (κ1) is 17.1. The average molecular weight is 322 g/mol. The number of carboxylic acids is 1. The van der Waals surface area contributed by atoms with Gasteiger partial charge in [-0.3, -0.25) is 0 Å². The third-order valence-corrected chi connectivity index (χ3v) is 3.59. The normalized spacial score (nSPS) is 12.3. The van der Waals surface area contributed by atoms with E-state index < -0.39 is 17.7 Å². The van der Waals surface area contributed by atoms with Crippen LogP contribution >= 0.6 is 0 Å². The minimum absolute atomic E-state index is 0.0709. The second-order valence-corrected chi connectivity index (χ2v) is 6.43. The van der Waals surface area contributed by atoms with Crippen molar-refractivity contribution in [1.29, 1.82) is 0 Å². The van der Waals surface area contributed by atoms with Crippen molar-refractivity contribution in [3.63, 3.8) is 0 Å². The quantitative estimate of drug-likeness (QED) is 0.807. The van der Waals surface area contributed by atoms with Crippen LogP contribution in [0, 0.1) is 0 Å². The van der Waals surface area contributed by atoms with E-state index in [9.17, 15) is 18.0 Å². The molecule has 0 atom stereocenters. The van der Waals surface area contributed by atoms with Gasteiger partial charge in [0.1, 0.15) is 0 Å². The number of rotatable bonds is 2. The molecule has 0 radical (unpaired) electrons. The van der Waals surface area contributed by atoms with Gasteiger partial charge in [0.2, 0.25) is 0 Å². The Hall–Kier alpha value is -2.30. The molecule has 0 aliphatic carbocycles. The minimum Gasteiger partial charge on any atom is -0.478 e. The van der Waals surface area contributed by atoms with Gasteiger partial charge >= 0.3 is 12.1 Å². The lowest BCUT2D eigenvalue weighted by Crippen LogP contribution is -2.10. The first-order valence-electron chi connectivity index (χ1n) is 7.05. The molecule has 2 nitrogen and oxygen atoms in total. The molecule has 2 aromatic rings. The Morgan fingerprint density at radius 2 is 1.43 bits per heavy atom. The van der Waals surface area contributed by atoms with E-state index in [2.05, 4.69) is 0 Å². The highest BCUT2D eigenvalue weighted by molar-refractivity contribution is 5.90. The van der Waals surface area contributed by atoms with Crippen LogP contribution < -0.4 is 0 Å². The average Bonchev–Trinajstić information content (AvgIpc) is 2.45. The number of halogens is 3. The first-order chi connectivity index (χ1) is 10.5. The molecule has 0 aliphatic heterocycles. The van der Waals surface area contributed by atoms with Gasteiger partial charge in [0.25, 0.3) is 0 Å². The van der Waals surface area contributed by atoms with Crippen LogP contribution in [-0.4, -0.2) is 11.1 Å². The predicted octanol–water partition coefficient (Wildman–Crippen LogP) is 5.37. The molecule has 0 aromatic heterocycles. The highest BCUT2D eigenvalue weighted by Gasteiger charge is 2.32. The van der Waals surface area contributed by atoms with Crippen LogP contribution in [-0.2, 0) is 11.6 Å². The molecule has 0 bridgehead atoms. The summed E-state index contributed by atoms with van der Waals surface area (Å²) in [5.74, 6) is -1.39. The molecule has 1 N–H and O–H groups in total. The maximum absolute atomic E-state index is 13.0. The van der Waals surface area contributed by atoms with Crippen molar-refractivity contribution < 1.29 is 23.1 Å². The summed E-state index contributed by atoms with van der Waals surface area (Å²) in [6.45, 7) is 6.11. The zero-order valence-electron chi connectivity index (χ0n) is 13.0. The predicted molar refractivity (Wildman–Crippen MR) is 82.5 cm³/mol. The monoisotopic (exact) mass is 322 g/mol. The van der Waals surface area contributed by atoms with Gasteiger partial charge in [-0.1, -0.05) is 45.0 Å². The van der Waals surface area contributed by atoms with E-state index in [1.165, 1.54) is 6.07 Å². The highest BCUT2D eigenvalue weighted by Crippen LogP contribution is 2.34. The van der Waals surface area contributed by atoms with E-state index in [1.807, 2.05) is 32.9 Å². The largest absolute Gasteiger partial charge is 0.478 e. The smallest absolute Gasteiger partial charge is 0.416 e. The number of alkyl halides is 3. The van der Waals surface area contributed by atoms with Crippen molar-refractivity contribution in [2.45, 2.75) is 32.4 Å². The first-order valence-corrected chi connectivity index (χ1v) is 7.05. The fourth-order valence-electron chi connectivity index (χ4n) is 2.24. The molecule has 23 heavy (non-hydrogen) atoms. The van der Waals surface area contributed by atoms with Crippen LogP contribution in [0.3, 0.4) is 0 Å². The molecule has 0 unspecified atom stereocenters. The Labute approximate surface area is 132 Å². The van der Waals surface area contributed by atoms with Crippen molar-refractivity contribution in [3.8, 4) is 11.1 Å². The van der Waals surface area contributed by atoms with Crippen molar-refractivity contribution in [2.75, 3.05) is 0 Å². The molecule has 2 aromatic carbocycles. The molecule has 0 saturated heterocycles. The number of carbonyl (C=O) groups is 1. The third kappa shape index (κ3) is 3.92. The number of hydrogen-bond acceptors (Lipinski definition) is 1. The van der Waals surface area contributed by atoms with E-state index in [0.29, 0.717) is 11.6 Å². The summed E-state index contributed by atoms with van der Waals surface area (Å²) < 4.78 is 38.9. The zero-order valence-corrected chi connectivity index (χ0v) is 13.0. The molecule has 0 spiro atoms. The van der Waals surface area contributed by atoms with Crippen LogP contribution in [0.5, 0.6) is 0 Å². The van der Waals surface area contributed by atoms with Crippen molar-refractivity contribution in [3.05, 3.63) is 59.2 Å². The van der Waals surface area contributed by atoms with Gasteiger partial charge in [0, 0.05) is 0 Å². The Kier molecular flexibility index (Phi) is 4.24. The van der Waals surface area contributed by atoms with Crippen LogP contribution in [0.2, 0.25) is 0 Å². The standard InChI is InChI=1S/C18H17F3O2/c1-17(2,3)14-6-4-11(5-7-14)12-8-13(16(22)23)10-15(9-12)18(19,20)21/h4-10H,1-3H3,(H,22,23). The number of hydrogen-bond donors (Lipinski definition) is 1. The van der Waals surface area contributed by atoms with Gasteiger partial charge in [0.05, 0.1) is 11.1 Å². The van der Waals surface area contributed by atoms with Crippen LogP contribution in [0.25, 0.3) is 11.1 Å². The Morgan fingerprint density at radius 3 is 1.87 bits per heavy atom. The third-order valence-electron chi connectivity index (χ3n) is 3.59. The van der Waals surface area contributed by atoms with Gasteiger partial charge in [-0.25, -0.2) is 4.79 Å². The van der Waals surface area contributed by atoms with Crippen molar-refractivity contribution in [1.82, 2.24) is 0 Å². The van der Waals surface area contributed by atoms with Crippen LogP contribution in [0.4, 0.5) is 13.2 Å². The maximum atomic E-state index is 13.0. The van der Waals surface area contributed by atoms with Crippen molar-refractivity contribution in [2.24, 2.45) is 0 Å². The molecule has 122 valence electrons. The highest BCUT2D eigenvalue weighted by atomic mass is 19.4. The SMILES string of the molecule is CC(C)(C)c1ccc(-c2cc(C(=O)O)cc(C(F)(F)F)c2)cc1. The molecular weight excluding hydrogens is 305 g/mol. The van der Waals surface area contributed by atoms with E-state index in [0.717, 1.165) is 11.6 Å². The van der Waals surface area contributed by atoms with E-state index in [1.54, 1.807) is 12.1 Å². The topological polar surface area (TPSA) is 37.3 Å². The van der Waals surface area contributed by atoms with E-state index in [-0.39, 0.29) is 16.5 Å². The molecule has 0 heterocycles. The maximum Gasteiger partial charge on any atom is 0.416 e. The number of aromatic carboxylic acids is 1. The van der Waals surface area contributed by atoms with Gasteiger partial charge in [0.15, 0.2) is 0 Å². The molecule has 5 heteroatoms. The van der Waals surface area contributed by atoms with Gasteiger partial charge < -0.3 is 5.11 Å². The summed E-state index contributed by atoms with van der Waals surface area (Å²) in [7, 11) is 0. The second kappa shape index (κ2) is 5.72. The molecule has 0 aliphatic rings. The fraction of sp³-hybridized carbons (Fsp3) is 0.278.